The molecule has 0 unspecified atom stereocenters. The van der Waals surface area contributed by atoms with Gasteiger partial charge in [-0.2, -0.15) is 0 Å². The molecule has 6 heteroatoms. The van der Waals surface area contributed by atoms with Gasteiger partial charge in [-0.1, -0.05) is 44.2 Å². The SMILES string of the molecule is CC(C)Cn1cncc1CN1C(=O)CN(CCc2ccccc2)C(=O)[C@H]1C. The van der Waals surface area contributed by atoms with Crippen molar-refractivity contribution >= 4 is 11.8 Å². The largest absolute Gasteiger partial charge is 0.333 e. The molecular weight excluding hydrogens is 340 g/mol. The number of carbonyl (C=O) groups is 2. The van der Waals surface area contributed by atoms with Crippen LogP contribution in [0.1, 0.15) is 32.0 Å². The van der Waals surface area contributed by atoms with Crippen LogP contribution in [0.5, 0.6) is 0 Å². The quantitative estimate of drug-likeness (QED) is 0.754. The number of hydrogen-bond acceptors (Lipinski definition) is 3. The van der Waals surface area contributed by atoms with Crippen LogP contribution in [0.3, 0.4) is 0 Å². The molecule has 0 N–H and O–H groups in total. The van der Waals surface area contributed by atoms with Crippen LogP contribution in [-0.2, 0) is 29.1 Å². The average Bonchev–Trinajstić information content (AvgIpc) is 3.07. The molecule has 1 aromatic heterocycles. The van der Waals surface area contributed by atoms with E-state index in [1.807, 2.05) is 37.3 Å². The minimum atomic E-state index is -0.454. The predicted molar refractivity (Wildman–Crippen MR) is 104 cm³/mol. The summed E-state index contributed by atoms with van der Waals surface area (Å²) in [5.74, 6) is 0.496. The number of imidazole rings is 1. The van der Waals surface area contributed by atoms with E-state index in [9.17, 15) is 9.59 Å². The number of hydrogen-bond donors (Lipinski definition) is 0. The number of amides is 2. The first-order valence-electron chi connectivity index (χ1n) is 9.57. The summed E-state index contributed by atoms with van der Waals surface area (Å²) < 4.78 is 2.07. The minimum Gasteiger partial charge on any atom is -0.333 e. The lowest BCUT2D eigenvalue weighted by atomic mass is 10.1. The second-order valence-corrected chi connectivity index (χ2v) is 7.62. The van der Waals surface area contributed by atoms with Crippen molar-refractivity contribution in [2.24, 2.45) is 5.92 Å². The van der Waals surface area contributed by atoms with Crippen LogP contribution in [0.2, 0.25) is 0 Å². The van der Waals surface area contributed by atoms with Gasteiger partial charge in [0.1, 0.15) is 6.04 Å². The highest BCUT2D eigenvalue weighted by Crippen LogP contribution is 2.17. The molecule has 2 heterocycles. The van der Waals surface area contributed by atoms with Crippen LogP contribution in [-0.4, -0.2) is 50.3 Å². The van der Waals surface area contributed by atoms with Crippen LogP contribution in [0, 0.1) is 5.92 Å². The first kappa shape index (κ1) is 19.1. The summed E-state index contributed by atoms with van der Waals surface area (Å²) in [4.78, 5) is 33.1. The molecule has 6 nitrogen and oxygen atoms in total. The second-order valence-electron chi connectivity index (χ2n) is 7.62. The maximum atomic E-state index is 12.8. The lowest BCUT2D eigenvalue weighted by Gasteiger charge is -2.38. The topological polar surface area (TPSA) is 58.4 Å². The number of carbonyl (C=O) groups excluding carboxylic acids is 2. The Morgan fingerprint density at radius 1 is 1.19 bits per heavy atom. The first-order valence-corrected chi connectivity index (χ1v) is 9.57. The third-order valence-electron chi connectivity index (χ3n) is 4.99. The fourth-order valence-corrected chi connectivity index (χ4v) is 3.48. The maximum Gasteiger partial charge on any atom is 0.245 e. The number of nitrogens with zero attached hydrogens (tertiary/aromatic N) is 4. The summed E-state index contributed by atoms with van der Waals surface area (Å²) in [6.45, 7) is 8.09. The molecule has 1 aliphatic heterocycles. The van der Waals surface area contributed by atoms with Gasteiger partial charge in [0.15, 0.2) is 0 Å². The smallest absolute Gasteiger partial charge is 0.245 e. The maximum absolute atomic E-state index is 12.8. The van der Waals surface area contributed by atoms with E-state index in [-0.39, 0.29) is 18.4 Å². The Bertz CT molecular complexity index is 784. The molecule has 1 fully saturated rings. The zero-order valence-corrected chi connectivity index (χ0v) is 16.3. The monoisotopic (exact) mass is 368 g/mol. The number of piperazine rings is 1. The summed E-state index contributed by atoms with van der Waals surface area (Å²) in [7, 11) is 0. The van der Waals surface area contributed by atoms with Crippen molar-refractivity contribution in [2.45, 2.75) is 46.3 Å². The highest BCUT2D eigenvalue weighted by Gasteiger charge is 2.36. The van der Waals surface area contributed by atoms with Crippen LogP contribution in [0.15, 0.2) is 42.9 Å². The van der Waals surface area contributed by atoms with E-state index < -0.39 is 6.04 Å². The standard InChI is InChI=1S/C21H28N4O2/c1-16(2)12-24-15-22-11-19(24)13-25-17(3)21(27)23(14-20(25)26)10-9-18-7-5-4-6-8-18/h4-8,11,15-17H,9-10,12-14H2,1-3H3/t17-/m1/s1. The molecule has 0 spiro atoms. The van der Waals surface area contributed by atoms with E-state index >= 15 is 0 Å². The Morgan fingerprint density at radius 3 is 2.63 bits per heavy atom. The van der Waals surface area contributed by atoms with Crippen molar-refractivity contribution in [2.75, 3.05) is 13.1 Å². The third kappa shape index (κ3) is 4.56. The van der Waals surface area contributed by atoms with Gasteiger partial charge in [0.25, 0.3) is 0 Å². The van der Waals surface area contributed by atoms with Gasteiger partial charge in [0.05, 0.1) is 25.1 Å². The predicted octanol–water partition coefficient (Wildman–Crippen LogP) is 2.34. The Kier molecular flexibility index (Phi) is 5.94. The van der Waals surface area contributed by atoms with Gasteiger partial charge in [-0.15, -0.1) is 0 Å². The Balaban J connectivity index is 1.64. The van der Waals surface area contributed by atoms with Crippen LogP contribution >= 0.6 is 0 Å². The van der Waals surface area contributed by atoms with Gasteiger partial charge in [-0.25, -0.2) is 4.98 Å². The molecule has 2 amide bonds. The van der Waals surface area contributed by atoms with Gasteiger partial charge in [0, 0.05) is 19.3 Å². The fourth-order valence-electron chi connectivity index (χ4n) is 3.48. The van der Waals surface area contributed by atoms with Crippen LogP contribution in [0.4, 0.5) is 0 Å². The summed E-state index contributed by atoms with van der Waals surface area (Å²) in [6, 6.07) is 9.59. The van der Waals surface area contributed by atoms with Crippen molar-refractivity contribution in [3.63, 3.8) is 0 Å². The number of benzene rings is 1. The van der Waals surface area contributed by atoms with E-state index in [0.29, 0.717) is 19.0 Å². The molecule has 1 saturated heterocycles. The third-order valence-corrected chi connectivity index (χ3v) is 4.99. The molecule has 1 aliphatic rings. The lowest BCUT2D eigenvalue weighted by Crippen LogP contribution is -2.58. The minimum absolute atomic E-state index is 0.00698. The summed E-state index contributed by atoms with van der Waals surface area (Å²) >= 11 is 0. The molecule has 27 heavy (non-hydrogen) atoms. The van der Waals surface area contributed by atoms with E-state index in [0.717, 1.165) is 18.7 Å². The molecule has 3 rings (SSSR count). The zero-order valence-electron chi connectivity index (χ0n) is 16.3. The van der Waals surface area contributed by atoms with Crippen molar-refractivity contribution in [3.05, 3.63) is 54.1 Å². The van der Waals surface area contributed by atoms with E-state index in [4.69, 9.17) is 0 Å². The van der Waals surface area contributed by atoms with Gasteiger partial charge in [-0.05, 0) is 24.8 Å². The van der Waals surface area contributed by atoms with E-state index in [1.165, 1.54) is 5.56 Å². The summed E-state index contributed by atoms with van der Waals surface area (Å²) in [6.07, 6.45) is 4.34. The van der Waals surface area contributed by atoms with Crippen molar-refractivity contribution < 1.29 is 9.59 Å². The normalized spacial score (nSPS) is 17.9. The van der Waals surface area contributed by atoms with Crippen molar-refractivity contribution in [1.82, 2.24) is 19.4 Å². The molecular formula is C21H28N4O2. The second kappa shape index (κ2) is 8.37. The molecule has 0 saturated carbocycles. The number of rotatable bonds is 7. The van der Waals surface area contributed by atoms with E-state index in [1.54, 1.807) is 22.3 Å². The summed E-state index contributed by atoms with van der Waals surface area (Å²) in [5.41, 5.74) is 2.14. The van der Waals surface area contributed by atoms with Crippen molar-refractivity contribution in [1.29, 1.82) is 0 Å². The van der Waals surface area contributed by atoms with Gasteiger partial charge < -0.3 is 14.4 Å². The molecule has 1 atom stereocenters. The lowest BCUT2D eigenvalue weighted by molar-refractivity contribution is -0.155. The zero-order chi connectivity index (χ0) is 19.4. The summed E-state index contributed by atoms with van der Waals surface area (Å²) in [5, 5.41) is 0. The molecule has 0 aliphatic carbocycles. The Morgan fingerprint density at radius 2 is 1.93 bits per heavy atom. The molecule has 144 valence electrons. The Hall–Kier alpha value is -2.63. The van der Waals surface area contributed by atoms with E-state index in [2.05, 4.69) is 23.4 Å². The fraction of sp³-hybridized carbons (Fsp3) is 0.476. The van der Waals surface area contributed by atoms with Crippen LogP contribution in [0.25, 0.3) is 0 Å². The van der Waals surface area contributed by atoms with Gasteiger partial charge in [0.2, 0.25) is 11.8 Å². The van der Waals surface area contributed by atoms with Crippen LogP contribution < -0.4 is 0 Å². The highest BCUT2D eigenvalue weighted by molar-refractivity contribution is 5.94. The average molecular weight is 368 g/mol. The first-order chi connectivity index (χ1) is 13.0. The molecule has 1 aromatic carbocycles. The van der Waals surface area contributed by atoms with Crippen molar-refractivity contribution in [3.8, 4) is 0 Å². The Labute approximate surface area is 160 Å². The number of aromatic nitrogens is 2. The molecule has 2 aromatic rings. The van der Waals surface area contributed by atoms with Gasteiger partial charge in [-0.3, -0.25) is 9.59 Å². The molecule has 0 radical (unpaired) electrons. The van der Waals surface area contributed by atoms with Gasteiger partial charge >= 0.3 is 0 Å². The highest BCUT2D eigenvalue weighted by atomic mass is 16.2. The molecule has 0 bridgehead atoms.